The van der Waals surface area contributed by atoms with E-state index in [1.54, 1.807) is 0 Å². The lowest BCUT2D eigenvalue weighted by Gasteiger charge is -2.29. The van der Waals surface area contributed by atoms with Gasteiger partial charge < -0.3 is 5.32 Å². The molecule has 0 saturated heterocycles. The van der Waals surface area contributed by atoms with Gasteiger partial charge in [0.2, 0.25) is 0 Å². The lowest BCUT2D eigenvalue weighted by atomic mass is 9.85. The quantitative estimate of drug-likeness (QED) is 0.659. The molecule has 2 atom stereocenters. The van der Waals surface area contributed by atoms with Crippen molar-refractivity contribution in [1.82, 2.24) is 5.32 Å². The summed E-state index contributed by atoms with van der Waals surface area (Å²) in [7, 11) is 0. The normalized spacial score (nSPS) is 16.3. The maximum atomic E-state index is 3.68. The van der Waals surface area contributed by atoms with Crippen molar-refractivity contribution >= 4 is 0 Å². The minimum atomic E-state index is 0.704. The summed E-state index contributed by atoms with van der Waals surface area (Å²) in [6.45, 7) is 15.0. The van der Waals surface area contributed by atoms with Crippen molar-refractivity contribution in [2.24, 2.45) is 17.8 Å². The molecule has 1 heteroatoms. The van der Waals surface area contributed by atoms with Crippen LogP contribution in [0, 0.1) is 17.8 Å². The van der Waals surface area contributed by atoms with Crippen LogP contribution >= 0.6 is 0 Å². The van der Waals surface area contributed by atoms with Gasteiger partial charge in [0.1, 0.15) is 0 Å². The van der Waals surface area contributed by atoms with Crippen LogP contribution in [0.15, 0.2) is 0 Å². The second-order valence-corrected chi connectivity index (χ2v) is 5.29. The Morgan fingerprint density at radius 3 is 1.93 bits per heavy atom. The Morgan fingerprint density at radius 2 is 1.57 bits per heavy atom. The number of hydrogen-bond acceptors (Lipinski definition) is 1. The summed E-state index contributed by atoms with van der Waals surface area (Å²) in [5.74, 6) is 2.36. The standard InChI is InChI=1S/C13H29N/c1-7-8-14-13(9-10(2)3)12(6)11(4)5/h10-14H,7-9H2,1-6H3. The maximum absolute atomic E-state index is 3.68. The van der Waals surface area contributed by atoms with E-state index in [4.69, 9.17) is 0 Å². The molecule has 2 unspecified atom stereocenters. The van der Waals surface area contributed by atoms with Gasteiger partial charge in [0.05, 0.1) is 0 Å². The van der Waals surface area contributed by atoms with Gasteiger partial charge in [0, 0.05) is 6.04 Å². The van der Waals surface area contributed by atoms with Crippen molar-refractivity contribution in [2.75, 3.05) is 6.54 Å². The molecular weight excluding hydrogens is 170 g/mol. The first-order valence-electron chi connectivity index (χ1n) is 6.22. The van der Waals surface area contributed by atoms with Crippen LogP contribution in [0.3, 0.4) is 0 Å². The first-order valence-corrected chi connectivity index (χ1v) is 6.22. The summed E-state index contributed by atoms with van der Waals surface area (Å²) in [6, 6.07) is 0.704. The molecule has 0 aliphatic heterocycles. The first kappa shape index (κ1) is 14.0. The molecule has 0 saturated carbocycles. The van der Waals surface area contributed by atoms with Crippen LogP contribution < -0.4 is 5.32 Å². The van der Waals surface area contributed by atoms with E-state index in [2.05, 4.69) is 46.9 Å². The zero-order valence-electron chi connectivity index (χ0n) is 10.9. The molecule has 0 radical (unpaired) electrons. The van der Waals surface area contributed by atoms with Crippen LogP contribution in [0.25, 0.3) is 0 Å². The van der Waals surface area contributed by atoms with Crippen LogP contribution in [-0.2, 0) is 0 Å². The zero-order chi connectivity index (χ0) is 11.1. The van der Waals surface area contributed by atoms with Crippen LogP contribution in [-0.4, -0.2) is 12.6 Å². The fourth-order valence-corrected chi connectivity index (χ4v) is 1.79. The van der Waals surface area contributed by atoms with E-state index < -0.39 is 0 Å². The average Bonchev–Trinajstić information content (AvgIpc) is 2.10. The Hall–Kier alpha value is -0.0400. The van der Waals surface area contributed by atoms with E-state index in [0.29, 0.717) is 6.04 Å². The Kier molecular flexibility index (Phi) is 7.26. The van der Waals surface area contributed by atoms with E-state index in [1.165, 1.54) is 12.8 Å². The predicted molar refractivity (Wildman–Crippen MR) is 65.5 cm³/mol. The molecule has 1 nitrogen and oxygen atoms in total. The Morgan fingerprint density at radius 1 is 1.00 bits per heavy atom. The Balaban J connectivity index is 4.08. The molecule has 0 aliphatic rings. The van der Waals surface area contributed by atoms with Gasteiger partial charge in [-0.2, -0.15) is 0 Å². The lowest BCUT2D eigenvalue weighted by Crippen LogP contribution is -2.38. The highest BCUT2D eigenvalue weighted by molar-refractivity contribution is 4.76. The number of hydrogen-bond donors (Lipinski definition) is 1. The highest BCUT2D eigenvalue weighted by atomic mass is 14.9. The lowest BCUT2D eigenvalue weighted by molar-refractivity contribution is 0.264. The molecule has 0 aromatic carbocycles. The molecule has 14 heavy (non-hydrogen) atoms. The smallest absolute Gasteiger partial charge is 0.00975 e. The summed E-state index contributed by atoms with van der Waals surface area (Å²) in [5, 5.41) is 3.68. The molecule has 1 N–H and O–H groups in total. The Labute approximate surface area is 90.7 Å². The van der Waals surface area contributed by atoms with Crippen LogP contribution in [0.2, 0.25) is 0 Å². The highest BCUT2D eigenvalue weighted by Crippen LogP contribution is 2.20. The minimum Gasteiger partial charge on any atom is -0.314 e. The molecule has 0 spiro atoms. The largest absolute Gasteiger partial charge is 0.314 e. The molecule has 0 heterocycles. The third-order valence-corrected chi connectivity index (χ3v) is 3.07. The fourth-order valence-electron chi connectivity index (χ4n) is 1.79. The number of nitrogens with one attached hydrogen (secondary N) is 1. The molecule has 0 aromatic heterocycles. The van der Waals surface area contributed by atoms with E-state index in [9.17, 15) is 0 Å². The van der Waals surface area contributed by atoms with Crippen molar-refractivity contribution < 1.29 is 0 Å². The average molecular weight is 199 g/mol. The van der Waals surface area contributed by atoms with Gasteiger partial charge in [0.25, 0.3) is 0 Å². The molecule has 0 bridgehead atoms. The topological polar surface area (TPSA) is 12.0 Å². The second kappa shape index (κ2) is 7.28. The van der Waals surface area contributed by atoms with Gasteiger partial charge >= 0.3 is 0 Å². The van der Waals surface area contributed by atoms with E-state index >= 15 is 0 Å². The van der Waals surface area contributed by atoms with Crippen LogP contribution in [0.4, 0.5) is 0 Å². The van der Waals surface area contributed by atoms with Crippen LogP contribution in [0.5, 0.6) is 0 Å². The van der Waals surface area contributed by atoms with Crippen LogP contribution in [0.1, 0.15) is 54.4 Å². The zero-order valence-corrected chi connectivity index (χ0v) is 10.9. The van der Waals surface area contributed by atoms with Gasteiger partial charge in [-0.25, -0.2) is 0 Å². The summed E-state index contributed by atoms with van der Waals surface area (Å²) >= 11 is 0. The van der Waals surface area contributed by atoms with Crippen molar-refractivity contribution in [3.05, 3.63) is 0 Å². The third kappa shape index (κ3) is 5.64. The van der Waals surface area contributed by atoms with E-state index in [-0.39, 0.29) is 0 Å². The molecule has 0 amide bonds. The molecule has 0 rings (SSSR count). The van der Waals surface area contributed by atoms with Crippen molar-refractivity contribution in [3.8, 4) is 0 Å². The van der Waals surface area contributed by atoms with Gasteiger partial charge in [-0.3, -0.25) is 0 Å². The molecular formula is C13H29N. The molecule has 0 aliphatic carbocycles. The third-order valence-electron chi connectivity index (χ3n) is 3.07. The summed E-state index contributed by atoms with van der Waals surface area (Å²) in [6.07, 6.45) is 2.54. The summed E-state index contributed by atoms with van der Waals surface area (Å²) in [4.78, 5) is 0. The monoisotopic (exact) mass is 199 g/mol. The molecule has 86 valence electrons. The van der Waals surface area contributed by atoms with Crippen molar-refractivity contribution in [1.29, 1.82) is 0 Å². The van der Waals surface area contributed by atoms with Gasteiger partial charge in [-0.05, 0) is 37.1 Å². The van der Waals surface area contributed by atoms with E-state index in [1.807, 2.05) is 0 Å². The van der Waals surface area contributed by atoms with Gasteiger partial charge in [-0.15, -0.1) is 0 Å². The summed E-state index contributed by atoms with van der Waals surface area (Å²) < 4.78 is 0. The minimum absolute atomic E-state index is 0.704. The maximum Gasteiger partial charge on any atom is 0.00975 e. The highest BCUT2D eigenvalue weighted by Gasteiger charge is 2.20. The molecule has 0 fully saturated rings. The van der Waals surface area contributed by atoms with E-state index in [0.717, 1.165) is 24.3 Å². The SMILES string of the molecule is CCCNC(CC(C)C)C(C)C(C)C. The van der Waals surface area contributed by atoms with Gasteiger partial charge in [0.15, 0.2) is 0 Å². The second-order valence-electron chi connectivity index (χ2n) is 5.29. The van der Waals surface area contributed by atoms with Crippen molar-refractivity contribution in [3.63, 3.8) is 0 Å². The first-order chi connectivity index (χ1) is 6.49. The predicted octanol–water partition coefficient (Wildman–Crippen LogP) is 3.69. The fraction of sp³-hybridized carbons (Fsp3) is 1.00. The summed E-state index contributed by atoms with van der Waals surface area (Å²) in [5.41, 5.74) is 0. The number of rotatable bonds is 7. The van der Waals surface area contributed by atoms with Gasteiger partial charge in [-0.1, -0.05) is 41.5 Å². The molecule has 0 aromatic rings. The van der Waals surface area contributed by atoms with Crippen molar-refractivity contribution in [2.45, 2.75) is 60.4 Å². The Bertz CT molecular complexity index is 129.